The van der Waals surface area contributed by atoms with Crippen LogP contribution in [0.4, 0.5) is 10.2 Å². The van der Waals surface area contributed by atoms with Gasteiger partial charge in [-0.25, -0.2) is 19.3 Å². The minimum absolute atomic E-state index is 0.256. The number of hydrogen-bond donors (Lipinski definition) is 2. The van der Waals surface area contributed by atoms with Crippen LogP contribution >= 0.6 is 0 Å². The molecule has 8 heteroatoms. The molecule has 30 heavy (non-hydrogen) atoms. The first-order valence-corrected chi connectivity index (χ1v) is 9.42. The van der Waals surface area contributed by atoms with Gasteiger partial charge >= 0.3 is 0 Å². The van der Waals surface area contributed by atoms with Crippen molar-refractivity contribution in [2.75, 3.05) is 5.32 Å². The number of anilines is 1. The first-order valence-electron chi connectivity index (χ1n) is 9.42. The molecule has 148 valence electrons. The third-order valence-electron chi connectivity index (χ3n) is 4.87. The topological polar surface area (TPSA) is 84.3 Å². The Morgan fingerprint density at radius 2 is 2.00 bits per heavy atom. The average molecular weight is 399 g/mol. The summed E-state index contributed by atoms with van der Waals surface area (Å²) in [5.74, 6) is 0.406. The maximum Gasteiger partial charge on any atom is 0.137 e. The number of benzene rings is 1. The van der Waals surface area contributed by atoms with Gasteiger partial charge in [0.15, 0.2) is 0 Å². The van der Waals surface area contributed by atoms with Crippen LogP contribution in [0.15, 0.2) is 67.5 Å². The summed E-state index contributed by atoms with van der Waals surface area (Å²) in [4.78, 5) is 16.4. The smallest absolute Gasteiger partial charge is 0.137 e. The van der Waals surface area contributed by atoms with Gasteiger partial charge in [0.25, 0.3) is 0 Å². The lowest BCUT2D eigenvalue weighted by Gasteiger charge is -2.07. The molecule has 2 N–H and O–H groups in total. The molecule has 7 nitrogen and oxygen atoms in total. The molecule has 5 rings (SSSR count). The van der Waals surface area contributed by atoms with Gasteiger partial charge in [0.2, 0.25) is 0 Å². The Kier molecular flexibility index (Phi) is 4.44. The van der Waals surface area contributed by atoms with Crippen molar-refractivity contribution in [3.63, 3.8) is 0 Å². The zero-order chi connectivity index (χ0) is 20.5. The summed E-state index contributed by atoms with van der Waals surface area (Å²) in [7, 11) is 1.89. The van der Waals surface area contributed by atoms with E-state index in [4.69, 9.17) is 0 Å². The molecule has 4 aromatic heterocycles. The van der Waals surface area contributed by atoms with Crippen LogP contribution in [-0.4, -0.2) is 29.7 Å². The molecular weight excluding hydrogens is 381 g/mol. The number of aryl methyl sites for hydroxylation is 1. The number of nitrogens with zero attached hydrogens (tertiary/aromatic N) is 5. The minimum Gasteiger partial charge on any atom is -0.366 e. The predicted molar refractivity (Wildman–Crippen MR) is 113 cm³/mol. The Bertz CT molecular complexity index is 1340. The average Bonchev–Trinajstić information content (AvgIpc) is 3.38. The van der Waals surface area contributed by atoms with Crippen molar-refractivity contribution < 1.29 is 4.39 Å². The molecule has 1 aromatic carbocycles. The van der Waals surface area contributed by atoms with Crippen LogP contribution < -0.4 is 5.32 Å². The molecule has 0 unspecified atom stereocenters. The lowest BCUT2D eigenvalue weighted by atomic mass is 10.1. The summed E-state index contributed by atoms with van der Waals surface area (Å²) in [6.45, 7) is 0.467. The Morgan fingerprint density at radius 3 is 2.83 bits per heavy atom. The quantitative estimate of drug-likeness (QED) is 0.463. The third kappa shape index (κ3) is 3.50. The maximum atomic E-state index is 13.4. The highest BCUT2D eigenvalue weighted by molar-refractivity contribution is 5.95. The van der Waals surface area contributed by atoms with Gasteiger partial charge in [0, 0.05) is 60.3 Å². The summed E-state index contributed by atoms with van der Waals surface area (Å²) in [5.41, 5.74) is 5.30. The molecule has 0 amide bonds. The van der Waals surface area contributed by atoms with Gasteiger partial charge in [-0.1, -0.05) is 12.1 Å². The van der Waals surface area contributed by atoms with Crippen LogP contribution in [0.5, 0.6) is 0 Å². The first-order chi connectivity index (χ1) is 14.7. The van der Waals surface area contributed by atoms with Crippen molar-refractivity contribution in [1.82, 2.24) is 29.7 Å². The van der Waals surface area contributed by atoms with Gasteiger partial charge in [-0.15, -0.1) is 0 Å². The molecule has 4 heterocycles. The molecule has 0 atom stereocenters. The fourth-order valence-corrected chi connectivity index (χ4v) is 3.38. The van der Waals surface area contributed by atoms with Gasteiger partial charge in [0.05, 0.1) is 11.9 Å². The Hall–Kier alpha value is -4.07. The predicted octanol–water partition coefficient (Wildman–Crippen LogP) is 4.17. The molecule has 0 saturated heterocycles. The SMILES string of the molecule is Cn1cc(-c2cnc3[nH]cc(-c4cc(NCc5cccc(F)c5)ncn4)c3c2)cn1. The van der Waals surface area contributed by atoms with Crippen LogP contribution in [0.25, 0.3) is 33.4 Å². The number of fused-ring (bicyclic) bond motifs is 1. The van der Waals surface area contributed by atoms with Gasteiger partial charge in [-0.2, -0.15) is 5.10 Å². The molecule has 0 spiro atoms. The monoisotopic (exact) mass is 399 g/mol. The normalized spacial score (nSPS) is 11.1. The number of nitrogens with one attached hydrogen (secondary N) is 2. The highest BCUT2D eigenvalue weighted by Gasteiger charge is 2.12. The van der Waals surface area contributed by atoms with E-state index in [1.165, 1.54) is 18.5 Å². The van der Waals surface area contributed by atoms with Gasteiger partial charge < -0.3 is 10.3 Å². The molecule has 0 aliphatic heterocycles. The number of rotatable bonds is 5. The lowest BCUT2D eigenvalue weighted by Crippen LogP contribution is -2.02. The summed E-state index contributed by atoms with van der Waals surface area (Å²) in [6.07, 6.45) is 9.00. The van der Waals surface area contributed by atoms with E-state index in [0.29, 0.717) is 12.4 Å². The van der Waals surface area contributed by atoms with Crippen LogP contribution in [-0.2, 0) is 13.6 Å². The second kappa shape index (κ2) is 7.40. The van der Waals surface area contributed by atoms with E-state index in [-0.39, 0.29) is 5.82 Å². The van der Waals surface area contributed by atoms with Gasteiger partial charge in [-0.05, 0) is 23.8 Å². The van der Waals surface area contributed by atoms with E-state index in [1.54, 1.807) is 10.7 Å². The van der Waals surface area contributed by atoms with Crippen molar-refractivity contribution in [2.45, 2.75) is 6.54 Å². The van der Waals surface area contributed by atoms with Crippen LogP contribution in [0, 0.1) is 5.82 Å². The fourth-order valence-electron chi connectivity index (χ4n) is 3.38. The van der Waals surface area contributed by atoms with Crippen molar-refractivity contribution in [3.8, 4) is 22.4 Å². The summed E-state index contributed by atoms with van der Waals surface area (Å²) in [5, 5.41) is 8.42. The number of hydrogen-bond acceptors (Lipinski definition) is 5. The van der Waals surface area contributed by atoms with Crippen LogP contribution in [0.1, 0.15) is 5.56 Å². The first kappa shape index (κ1) is 18.0. The van der Waals surface area contributed by atoms with Crippen molar-refractivity contribution in [3.05, 3.63) is 78.9 Å². The van der Waals surface area contributed by atoms with Crippen molar-refractivity contribution >= 4 is 16.9 Å². The molecular formula is C22H18FN7. The van der Waals surface area contributed by atoms with Gasteiger partial charge in [0.1, 0.15) is 23.6 Å². The second-order valence-electron chi connectivity index (χ2n) is 7.00. The Morgan fingerprint density at radius 1 is 1.07 bits per heavy atom. The van der Waals surface area contributed by atoms with E-state index in [0.717, 1.165) is 39.0 Å². The van der Waals surface area contributed by atoms with Crippen LogP contribution in [0.2, 0.25) is 0 Å². The highest BCUT2D eigenvalue weighted by Crippen LogP contribution is 2.30. The van der Waals surface area contributed by atoms with Crippen LogP contribution in [0.3, 0.4) is 0 Å². The Balaban J connectivity index is 1.45. The second-order valence-corrected chi connectivity index (χ2v) is 7.00. The zero-order valence-corrected chi connectivity index (χ0v) is 16.2. The lowest BCUT2D eigenvalue weighted by molar-refractivity contribution is 0.626. The zero-order valence-electron chi connectivity index (χ0n) is 16.2. The van der Waals surface area contributed by atoms with Crippen molar-refractivity contribution in [1.29, 1.82) is 0 Å². The summed E-state index contributed by atoms with van der Waals surface area (Å²) in [6, 6.07) is 10.4. The summed E-state index contributed by atoms with van der Waals surface area (Å²) < 4.78 is 15.1. The highest BCUT2D eigenvalue weighted by atomic mass is 19.1. The number of halogens is 1. The molecule has 0 radical (unpaired) electrons. The van der Waals surface area contributed by atoms with E-state index in [1.807, 2.05) is 44.0 Å². The maximum absolute atomic E-state index is 13.4. The molecule has 5 aromatic rings. The fraction of sp³-hybridized carbons (Fsp3) is 0.0909. The molecule has 0 aliphatic rings. The number of aromatic amines is 1. The Labute approximate surface area is 171 Å². The molecule has 0 fully saturated rings. The van der Waals surface area contributed by atoms with E-state index in [2.05, 4.69) is 36.4 Å². The largest absolute Gasteiger partial charge is 0.366 e. The van der Waals surface area contributed by atoms with E-state index >= 15 is 0 Å². The van der Waals surface area contributed by atoms with E-state index in [9.17, 15) is 4.39 Å². The third-order valence-corrected chi connectivity index (χ3v) is 4.87. The standard InChI is InChI=1S/C22H18FN7/c1-30-12-16(10-29-30)15-6-18-19(11-26-22(18)25-9-15)20-7-21(28-13-27-20)24-8-14-3-2-4-17(23)5-14/h2-7,9-13H,8H2,1H3,(H,25,26)(H,24,27,28). The minimum atomic E-state index is -0.256. The summed E-state index contributed by atoms with van der Waals surface area (Å²) >= 11 is 0. The van der Waals surface area contributed by atoms with E-state index < -0.39 is 0 Å². The number of pyridine rings is 1. The van der Waals surface area contributed by atoms with Gasteiger partial charge in [-0.3, -0.25) is 4.68 Å². The number of aromatic nitrogens is 6. The molecule has 0 bridgehead atoms. The number of H-pyrrole nitrogens is 1. The molecule has 0 saturated carbocycles. The molecule has 0 aliphatic carbocycles. The van der Waals surface area contributed by atoms with Crippen molar-refractivity contribution in [2.24, 2.45) is 7.05 Å².